The van der Waals surface area contributed by atoms with Crippen LogP contribution >= 0.6 is 8.53 Å². The number of nitriles is 1. The van der Waals surface area contributed by atoms with E-state index in [1.54, 1.807) is 14.2 Å². The highest BCUT2D eigenvalue weighted by Gasteiger charge is 2.47. The summed E-state index contributed by atoms with van der Waals surface area (Å²) in [5.74, 6) is -0.105. The lowest BCUT2D eigenvalue weighted by molar-refractivity contribution is -0.150. The predicted molar refractivity (Wildman–Crippen MR) is 264 cm³/mol. The minimum Gasteiger partial charge on any atom is -0.497 e. The molecule has 2 aliphatic heterocycles. The molecule has 3 aromatic rings. The lowest BCUT2D eigenvalue weighted by Crippen LogP contribution is -2.55. The molecule has 378 valence electrons. The summed E-state index contributed by atoms with van der Waals surface area (Å²) in [6.45, 7) is 8.68. The highest BCUT2D eigenvalue weighted by molar-refractivity contribution is 7.44. The van der Waals surface area contributed by atoms with Crippen molar-refractivity contribution >= 4 is 26.4 Å². The van der Waals surface area contributed by atoms with Crippen molar-refractivity contribution in [3.05, 3.63) is 119 Å². The van der Waals surface area contributed by atoms with Crippen molar-refractivity contribution in [1.82, 2.24) is 25.5 Å². The second-order valence-corrected chi connectivity index (χ2v) is 19.2. The van der Waals surface area contributed by atoms with E-state index in [4.69, 9.17) is 32.7 Å². The van der Waals surface area contributed by atoms with Gasteiger partial charge in [-0.05, 0) is 107 Å². The third-order valence-corrected chi connectivity index (χ3v) is 14.4. The zero-order valence-electron chi connectivity index (χ0n) is 41.1. The molecule has 0 saturated carbocycles. The zero-order chi connectivity index (χ0) is 50.0. The molecule has 17 nitrogen and oxygen atoms in total. The molecule has 4 N–H and O–H groups in total. The molecule has 2 heterocycles. The van der Waals surface area contributed by atoms with Crippen molar-refractivity contribution in [3.8, 4) is 17.6 Å². The normalized spacial score (nSPS) is 21.5. The van der Waals surface area contributed by atoms with Gasteiger partial charge in [-0.15, -0.1) is 0 Å². The summed E-state index contributed by atoms with van der Waals surface area (Å²) in [5.41, 5.74) is 0.976. The minimum absolute atomic E-state index is 0.00155. The number of nitrogens with zero attached hydrogens (tertiary/aromatic N) is 3. The monoisotopic (exact) mass is 984 g/mol. The molecule has 0 radical (unpaired) electrons. The molecule has 0 bridgehead atoms. The molecule has 6 unspecified atom stereocenters. The van der Waals surface area contributed by atoms with Gasteiger partial charge in [-0.3, -0.25) is 9.59 Å². The van der Waals surface area contributed by atoms with E-state index in [2.05, 4.69) is 38.8 Å². The highest BCUT2D eigenvalue weighted by atomic mass is 31.2. The van der Waals surface area contributed by atoms with Crippen molar-refractivity contribution < 1.29 is 52.2 Å². The first-order chi connectivity index (χ1) is 33.9. The van der Waals surface area contributed by atoms with E-state index in [1.165, 1.54) is 11.1 Å². The standard InChI is InChI=1S/C52H69N6O11P/c1-36(2)58(37(3)4)70(66-32-15-29-53)69-45-33-47(57-34-44(49(60)56-50(57)61)48(59)54-30-16-31-55-51(62)67-43-19-13-8-7-9-14-20-43)68-46(45)35-65-52(38-17-11-10-12-18-38,39-21-25-41(63-5)26-22-39)40-23-27-42(64-6)28-24-40/h7-8,10-12,17-18,21-28,34,36-37,43,45-47,50,61H,9,13-16,19-20,30-33,35H2,1-6H3,(H,54,59)(H,55,62)(H,56,60)/b8-7+. The number of allylic oxidation sites excluding steroid dienone is 2. The third kappa shape index (κ3) is 14.1. The molecule has 1 aliphatic carbocycles. The molecule has 3 aliphatic rings. The molecule has 3 aromatic carbocycles. The van der Waals surface area contributed by atoms with Crippen LogP contribution in [0.2, 0.25) is 0 Å². The lowest BCUT2D eigenvalue weighted by Gasteiger charge is -2.39. The molecule has 0 aromatic heterocycles. The molecule has 0 spiro atoms. The molecule has 1 saturated heterocycles. The number of amides is 3. The van der Waals surface area contributed by atoms with Crippen LogP contribution < -0.4 is 25.4 Å². The van der Waals surface area contributed by atoms with E-state index in [1.807, 2.05) is 107 Å². The fourth-order valence-corrected chi connectivity index (χ4v) is 10.6. The number of aliphatic hydroxyl groups is 1. The first kappa shape index (κ1) is 53.8. The Balaban J connectivity index is 1.27. The predicted octanol–water partition coefficient (Wildman–Crippen LogP) is 7.50. The summed E-state index contributed by atoms with van der Waals surface area (Å²) in [6.07, 6.45) is 5.95. The van der Waals surface area contributed by atoms with Gasteiger partial charge >= 0.3 is 6.09 Å². The molecule has 6 atom stereocenters. The quantitative estimate of drug-likeness (QED) is 0.0239. The van der Waals surface area contributed by atoms with Gasteiger partial charge in [0.25, 0.3) is 20.3 Å². The number of ether oxygens (including phenoxy) is 5. The second kappa shape index (κ2) is 26.6. The molecule has 70 heavy (non-hydrogen) atoms. The van der Waals surface area contributed by atoms with Crippen molar-refractivity contribution in [2.75, 3.05) is 40.5 Å². The van der Waals surface area contributed by atoms with Crippen LogP contribution in [0, 0.1) is 11.3 Å². The van der Waals surface area contributed by atoms with Gasteiger partial charge < -0.3 is 58.7 Å². The molecule has 18 heteroatoms. The van der Waals surface area contributed by atoms with E-state index in [9.17, 15) is 24.8 Å². The van der Waals surface area contributed by atoms with Crippen LogP contribution in [-0.2, 0) is 38.4 Å². The number of nitrogens with one attached hydrogen (secondary N) is 3. The number of rotatable bonds is 23. The van der Waals surface area contributed by atoms with E-state index in [0.717, 1.165) is 48.8 Å². The molecular weight excluding hydrogens is 916 g/mol. The summed E-state index contributed by atoms with van der Waals surface area (Å²) in [6, 6.07) is 27.3. The van der Waals surface area contributed by atoms with E-state index in [-0.39, 0.29) is 62.9 Å². The van der Waals surface area contributed by atoms with E-state index < -0.39 is 56.8 Å². The molecule has 3 amide bonds. The van der Waals surface area contributed by atoms with E-state index >= 15 is 0 Å². The van der Waals surface area contributed by atoms with Crippen LogP contribution in [0.1, 0.15) is 95.8 Å². The average Bonchev–Trinajstić information content (AvgIpc) is 3.74. The minimum atomic E-state index is -1.78. The first-order valence-corrected chi connectivity index (χ1v) is 25.3. The average molecular weight is 985 g/mol. The maximum Gasteiger partial charge on any atom is 0.407 e. The molecule has 6 rings (SSSR count). The number of alkyl carbamates (subject to hydrolysis) is 1. The maximum absolute atomic E-state index is 13.6. The van der Waals surface area contributed by atoms with Crippen molar-refractivity contribution in [2.24, 2.45) is 0 Å². The van der Waals surface area contributed by atoms with Crippen molar-refractivity contribution in [3.63, 3.8) is 0 Å². The Labute approximate surface area is 413 Å². The lowest BCUT2D eigenvalue weighted by atomic mass is 9.80. The topological polar surface area (TPSA) is 202 Å². The summed E-state index contributed by atoms with van der Waals surface area (Å²) >= 11 is 0. The Hall–Kier alpha value is -5.57. The number of hydrogen-bond donors (Lipinski definition) is 4. The van der Waals surface area contributed by atoms with Gasteiger partial charge in [-0.2, -0.15) is 5.26 Å². The largest absolute Gasteiger partial charge is 0.497 e. The van der Waals surface area contributed by atoms with Gasteiger partial charge in [0.05, 0.1) is 46.0 Å². The van der Waals surface area contributed by atoms with Gasteiger partial charge in [-0.25, -0.2) is 9.46 Å². The number of carbonyl (C=O) groups excluding carboxylic acids is 3. The van der Waals surface area contributed by atoms with Crippen LogP contribution in [0.5, 0.6) is 11.5 Å². The van der Waals surface area contributed by atoms with Crippen LogP contribution in [0.15, 0.2) is 103 Å². The number of hydrogen-bond acceptors (Lipinski definition) is 14. The summed E-state index contributed by atoms with van der Waals surface area (Å²) in [7, 11) is 1.44. The van der Waals surface area contributed by atoms with Gasteiger partial charge in [-0.1, -0.05) is 66.7 Å². The first-order valence-electron chi connectivity index (χ1n) is 24.1. The zero-order valence-corrected chi connectivity index (χ0v) is 42.0. The van der Waals surface area contributed by atoms with Gasteiger partial charge in [0.2, 0.25) is 6.35 Å². The summed E-state index contributed by atoms with van der Waals surface area (Å²) in [5, 5.41) is 28.8. The van der Waals surface area contributed by atoms with E-state index in [0.29, 0.717) is 17.9 Å². The Morgan fingerprint density at radius 1 is 0.914 bits per heavy atom. The fraction of sp³-hybridized carbons (Fsp3) is 0.500. The fourth-order valence-electron chi connectivity index (χ4n) is 8.80. The second-order valence-electron chi connectivity index (χ2n) is 17.8. The van der Waals surface area contributed by atoms with Crippen molar-refractivity contribution in [1.29, 1.82) is 5.26 Å². The number of methoxy groups -OCH3 is 2. The molecule has 1 fully saturated rings. The van der Waals surface area contributed by atoms with Crippen LogP contribution in [0.25, 0.3) is 0 Å². The Bertz CT molecular complexity index is 2190. The Kier molecular flexibility index (Phi) is 20.4. The van der Waals surface area contributed by atoms with Gasteiger partial charge in [0, 0.05) is 37.8 Å². The van der Waals surface area contributed by atoms with Crippen LogP contribution in [0.3, 0.4) is 0 Å². The number of carbonyl (C=O) groups is 3. The van der Waals surface area contributed by atoms with Gasteiger partial charge in [0.15, 0.2) is 0 Å². The molecular formula is C52H69N6O11P. The Morgan fingerprint density at radius 2 is 1.54 bits per heavy atom. The van der Waals surface area contributed by atoms with Crippen molar-refractivity contribution in [2.45, 2.75) is 128 Å². The SMILES string of the molecule is COc1ccc(C(OCC2OC(N3C=C(C(=O)NCCCNC(=O)OC4CC/C=C/CCC4)C(=O)NC3O)CC2OP(OCCC#N)N(C(C)C)C(C)C)(c2ccccc2)c2ccc(OC)cc2)cc1. The van der Waals surface area contributed by atoms with Crippen LogP contribution in [0.4, 0.5) is 4.79 Å². The highest BCUT2D eigenvalue weighted by Crippen LogP contribution is 2.50. The third-order valence-electron chi connectivity index (χ3n) is 12.2. The Morgan fingerprint density at radius 3 is 2.17 bits per heavy atom. The van der Waals surface area contributed by atoms with Crippen LogP contribution in [-0.4, -0.2) is 116 Å². The van der Waals surface area contributed by atoms with Gasteiger partial charge in [0.1, 0.15) is 41.1 Å². The maximum atomic E-state index is 13.6. The smallest absolute Gasteiger partial charge is 0.407 e. The number of benzene rings is 3. The summed E-state index contributed by atoms with van der Waals surface area (Å²) < 4.78 is 46.3. The number of aliphatic hydroxyl groups excluding tert-OH is 1. The summed E-state index contributed by atoms with van der Waals surface area (Å²) in [4.78, 5) is 40.7.